The summed E-state index contributed by atoms with van der Waals surface area (Å²) in [5.41, 5.74) is 0. The van der Waals surface area contributed by atoms with Crippen LogP contribution in [0.5, 0.6) is 0 Å². The van der Waals surface area contributed by atoms with Crippen molar-refractivity contribution in [2.75, 3.05) is 11.5 Å². The van der Waals surface area contributed by atoms with Crippen LogP contribution in [0.1, 0.15) is 20.3 Å². The summed E-state index contributed by atoms with van der Waals surface area (Å²) < 4.78 is 0. The molecule has 76 valence electrons. The molecule has 1 aliphatic heterocycles. The molecule has 2 nitrogen and oxygen atoms in total. The second-order valence-electron chi connectivity index (χ2n) is 3.79. The van der Waals surface area contributed by atoms with Gasteiger partial charge in [0, 0.05) is 29.5 Å². The highest BCUT2D eigenvalue weighted by molar-refractivity contribution is 7.80. The van der Waals surface area contributed by atoms with Crippen LogP contribution in [0.3, 0.4) is 0 Å². The van der Waals surface area contributed by atoms with E-state index in [1.165, 1.54) is 0 Å². The molecule has 1 fully saturated rings. The Morgan fingerprint density at radius 3 is 2.38 bits per heavy atom. The standard InChI is InChI=1S/C9H17NOS2/c1-6(2)10-8(5-13)3-7(4-12)9(10)11/h6-8,12-13H,3-5H2,1-2H3/t7-,8+/m1/s1. The quantitative estimate of drug-likeness (QED) is 0.689. The fraction of sp³-hybridized carbons (Fsp3) is 0.889. The van der Waals surface area contributed by atoms with E-state index in [0.717, 1.165) is 12.2 Å². The Morgan fingerprint density at radius 1 is 1.46 bits per heavy atom. The maximum atomic E-state index is 11.8. The van der Waals surface area contributed by atoms with Gasteiger partial charge in [0.05, 0.1) is 0 Å². The Kier molecular flexibility index (Phi) is 3.98. The summed E-state index contributed by atoms with van der Waals surface area (Å²) in [6, 6.07) is 0.600. The molecular weight excluding hydrogens is 202 g/mol. The van der Waals surface area contributed by atoms with Gasteiger partial charge < -0.3 is 4.90 Å². The molecule has 1 rings (SSSR count). The largest absolute Gasteiger partial charge is 0.336 e. The smallest absolute Gasteiger partial charge is 0.227 e. The number of likely N-dealkylation sites (tertiary alicyclic amines) is 1. The number of hydrogen-bond acceptors (Lipinski definition) is 3. The van der Waals surface area contributed by atoms with Crippen molar-refractivity contribution in [3.05, 3.63) is 0 Å². The normalized spacial score (nSPS) is 29.0. The summed E-state index contributed by atoms with van der Waals surface area (Å²) in [6.45, 7) is 4.10. The minimum atomic E-state index is 0.114. The van der Waals surface area contributed by atoms with Crippen LogP contribution in [-0.4, -0.2) is 34.4 Å². The third kappa shape index (κ3) is 2.15. The van der Waals surface area contributed by atoms with Crippen LogP contribution in [0, 0.1) is 5.92 Å². The molecule has 1 heterocycles. The monoisotopic (exact) mass is 219 g/mol. The highest BCUT2D eigenvalue weighted by Crippen LogP contribution is 2.28. The molecule has 0 spiro atoms. The first-order valence-electron chi connectivity index (χ1n) is 4.65. The first-order chi connectivity index (χ1) is 6.11. The first-order valence-corrected chi connectivity index (χ1v) is 5.92. The van der Waals surface area contributed by atoms with Crippen molar-refractivity contribution >= 4 is 31.2 Å². The zero-order chi connectivity index (χ0) is 10.0. The van der Waals surface area contributed by atoms with Crippen molar-refractivity contribution in [3.63, 3.8) is 0 Å². The summed E-state index contributed by atoms with van der Waals surface area (Å²) in [6.07, 6.45) is 0.921. The van der Waals surface area contributed by atoms with Crippen LogP contribution in [-0.2, 0) is 4.79 Å². The third-order valence-corrected chi connectivity index (χ3v) is 3.40. The highest BCUT2D eigenvalue weighted by atomic mass is 32.1. The SMILES string of the molecule is CC(C)N1C(=O)[C@@H](CS)C[C@H]1CS. The zero-order valence-corrected chi connectivity index (χ0v) is 9.89. The Morgan fingerprint density at radius 2 is 2.08 bits per heavy atom. The minimum Gasteiger partial charge on any atom is -0.336 e. The molecule has 13 heavy (non-hydrogen) atoms. The summed E-state index contributed by atoms with van der Waals surface area (Å²) >= 11 is 8.46. The van der Waals surface area contributed by atoms with Gasteiger partial charge in [-0.3, -0.25) is 4.79 Å². The van der Waals surface area contributed by atoms with Gasteiger partial charge in [-0.1, -0.05) is 0 Å². The van der Waals surface area contributed by atoms with Crippen molar-refractivity contribution in [2.24, 2.45) is 5.92 Å². The predicted molar refractivity (Wildman–Crippen MR) is 61.6 cm³/mol. The molecule has 0 unspecified atom stereocenters. The second kappa shape index (κ2) is 4.60. The van der Waals surface area contributed by atoms with Crippen molar-refractivity contribution in [3.8, 4) is 0 Å². The lowest BCUT2D eigenvalue weighted by molar-refractivity contribution is -0.132. The second-order valence-corrected chi connectivity index (χ2v) is 4.52. The van der Waals surface area contributed by atoms with E-state index in [4.69, 9.17) is 0 Å². The molecule has 0 aliphatic carbocycles. The summed E-state index contributed by atoms with van der Waals surface area (Å²) in [4.78, 5) is 13.7. The van der Waals surface area contributed by atoms with Crippen molar-refractivity contribution in [1.29, 1.82) is 0 Å². The molecule has 0 bridgehead atoms. The molecule has 1 saturated heterocycles. The maximum absolute atomic E-state index is 11.8. The number of hydrogen-bond donors (Lipinski definition) is 2. The Bertz CT molecular complexity index is 196. The van der Waals surface area contributed by atoms with E-state index >= 15 is 0 Å². The average Bonchev–Trinajstić information content (AvgIpc) is 2.41. The summed E-state index contributed by atoms with van der Waals surface area (Å²) in [7, 11) is 0. The van der Waals surface area contributed by atoms with E-state index in [1.54, 1.807) is 0 Å². The molecule has 0 radical (unpaired) electrons. The molecule has 1 aliphatic rings. The molecule has 2 atom stereocenters. The van der Waals surface area contributed by atoms with Gasteiger partial charge in [0.25, 0.3) is 0 Å². The van der Waals surface area contributed by atoms with Gasteiger partial charge in [0.15, 0.2) is 0 Å². The Balaban J connectivity index is 2.74. The number of rotatable bonds is 3. The highest BCUT2D eigenvalue weighted by Gasteiger charge is 2.38. The van der Waals surface area contributed by atoms with E-state index in [0.29, 0.717) is 11.8 Å². The Labute approximate surface area is 90.9 Å². The summed E-state index contributed by atoms with van der Waals surface area (Å²) in [5, 5.41) is 0. The third-order valence-electron chi connectivity index (χ3n) is 2.54. The van der Waals surface area contributed by atoms with Crippen LogP contribution >= 0.6 is 25.3 Å². The number of amides is 1. The van der Waals surface area contributed by atoms with Crippen LogP contribution in [0.15, 0.2) is 0 Å². The lowest BCUT2D eigenvalue weighted by Gasteiger charge is -2.27. The van der Waals surface area contributed by atoms with Gasteiger partial charge in [0.1, 0.15) is 0 Å². The molecule has 0 saturated carbocycles. The maximum Gasteiger partial charge on any atom is 0.227 e. The zero-order valence-electron chi connectivity index (χ0n) is 8.10. The van der Waals surface area contributed by atoms with Crippen molar-refractivity contribution in [2.45, 2.75) is 32.4 Å². The summed E-state index contributed by atoms with van der Waals surface area (Å²) in [5.74, 6) is 1.78. The molecule has 0 N–H and O–H groups in total. The number of thiol groups is 2. The van der Waals surface area contributed by atoms with Gasteiger partial charge in [0.2, 0.25) is 5.91 Å². The predicted octanol–water partition coefficient (Wildman–Crippen LogP) is 1.47. The van der Waals surface area contributed by atoms with E-state index in [-0.39, 0.29) is 17.9 Å². The van der Waals surface area contributed by atoms with Crippen LogP contribution < -0.4 is 0 Å². The molecule has 1 amide bonds. The van der Waals surface area contributed by atoms with Crippen LogP contribution in [0.25, 0.3) is 0 Å². The van der Waals surface area contributed by atoms with Crippen molar-refractivity contribution in [1.82, 2.24) is 4.90 Å². The number of carbonyl (C=O) groups excluding carboxylic acids is 1. The lowest BCUT2D eigenvalue weighted by atomic mass is 10.1. The van der Waals surface area contributed by atoms with Gasteiger partial charge in [-0.05, 0) is 20.3 Å². The van der Waals surface area contributed by atoms with Gasteiger partial charge in [-0.15, -0.1) is 0 Å². The van der Waals surface area contributed by atoms with Gasteiger partial charge in [-0.2, -0.15) is 25.3 Å². The fourth-order valence-electron chi connectivity index (χ4n) is 1.92. The minimum absolute atomic E-state index is 0.114. The number of nitrogens with zero attached hydrogens (tertiary/aromatic N) is 1. The van der Waals surface area contributed by atoms with Gasteiger partial charge in [-0.25, -0.2) is 0 Å². The van der Waals surface area contributed by atoms with E-state index in [2.05, 4.69) is 39.1 Å². The molecule has 0 aromatic heterocycles. The Hall–Kier alpha value is 0.170. The lowest BCUT2D eigenvalue weighted by Crippen LogP contribution is -2.40. The topological polar surface area (TPSA) is 20.3 Å². The fourth-order valence-corrected chi connectivity index (χ4v) is 2.56. The van der Waals surface area contributed by atoms with E-state index in [1.807, 2.05) is 4.90 Å². The van der Waals surface area contributed by atoms with E-state index < -0.39 is 0 Å². The van der Waals surface area contributed by atoms with Gasteiger partial charge >= 0.3 is 0 Å². The molecule has 4 heteroatoms. The van der Waals surface area contributed by atoms with Crippen LogP contribution in [0.2, 0.25) is 0 Å². The molecule has 0 aromatic carbocycles. The molecular formula is C9H17NOS2. The van der Waals surface area contributed by atoms with Crippen LogP contribution in [0.4, 0.5) is 0 Å². The average molecular weight is 219 g/mol. The molecule has 0 aromatic rings. The van der Waals surface area contributed by atoms with E-state index in [9.17, 15) is 4.79 Å². The number of carbonyl (C=O) groups is 1. The van der Waals surface area contributed by atoms with Crippen molar-refractivity contribution < 1.29 is 4.79 Å². The first kappa shape index (κ1) is 11.2.